The van der Waals surface area contributed by atoms with Crippen LogP contribution in [0, 0.1) is 0 Å². The number of carbonyl (C=O) groups is 1. The monoisotopic (exact) mass is 381 g/mol. The highest BCUT2D eigenvalue weighted by atomic mass is 32.2. The number of amides is 1. The molecule has 0 fully saturated rings. The Morgan fingerprint density at radius 3 is 2.63 bits per heavy atom. The fourth-order valence-corrected chi connectivity index (χ4v) is 4.82. The Kier molecular flexibility index (Phi) is 3.20. The first kappa shape index (κ1) is 16.0. The standard InChI is InChI=1S/C18H15N5O3S/c1-11-10-12-6-2-3-7-13(12)22(11)17(24)16-19-18-21-27(25,26)15-9-5-4-8-14(15)23(18)20-16/h2-9,11H,10H2,1H3,(H,19,20,21)/t11-/m1/s1. The van der Waals surface area contributed by atoms with Crippen molar-refractivity contribution < 1.29 is 13.2 Å². The molecule has 2 aliphatic rings. The van der Waals surface area contributed by atoms with Gasteiger partial charge in [0.25, 0.3) is 15.9 Å². The molecule has 3 aromatic rings. The van der Waals surface area contributed by atoms with Crippen LogP contribution in [-0.2, 0) is 16.4 Å². The molecule has 0 aliphatic carbocycles. The van der Waals surface area contributed by atoms with Crippen LogP contribution < -0.4 is 9.62 Å². The van der Waals surface area contributed by atoms with Gasteiger partial charge >= 0.3 is 0 Å². The largest absolute Gasteiger partial charge is 0.302 e. The van der Waals surface area contributed by atoms with Crippen LogP contribution in [0.25, 0.3) is 5.69 Å². The maximum absolute atomic E-state index is 13.1. The van der Waals surface area contributed by atoms with E-state index in [1.54, 1.807) is 23.1 Å². The lowest BCUT2D eigenvalue weighted by atomic mass is 10.1. The number of para-hydroxylation sites is 2. The van der Waals surface area contributed by atoms with Crippen LogP contribution in [0.2, 0.25) is 0 Å². The van der Waals surface area contributed by atoms with Gasteiger partial charge in [0.15, 0.2) is 0 Å². The molecule has 3 heterocycles. The molecular formula is C18H15N5O3S. The summed E-state index contributed by atoms with van der Waals surface area (Å²) in [4.78, 5) is 19.1. The molecule has 5 rings (SSSR count). The molecule has 27 heavy (non-hydrogen) atoms. The second-order valence-corrected chi connectivity index (χ2v) is 8.25. The number of hydrogen-bond acceptors (Lipinski definition) is 5. The van der Waals surface area contributed by atoms with Crippen molar-refractivity contribution >= 4 is 27.6 Å². The number of aromatic nitrogens is 3. The average Bonchev–Trinajstić information content (AvgIpc) is 3.21. The van der Waals surface area contributed by atoms with Gasteiger partial charge in [0.05, 0.1) is 5.69 Å². The molecule has 1 amide bonds. The smallest absolute Gasteiger partial charge is 0.298 e. The summed E-state index contributed by atoms with van der Waals surface area (Å²) in [6.45, 7) is 1.96. The van der Waals surface area contributed by atoms with Gasteiger partial charge in [0.2, 0.25) is 11.8 Å². The normalized spacial score (nSPS) is 19.0. The first-order chi connectivity index (χ1) is 13.0. The van der Waals surface area contributed by atoms with Gasteiger partial charge in [0, 0.05) is 11.7 Å². The van der Waals surface area contributed by atoms with E-state index in [2.05, 4.69) is 14.8 Å². The van der Waals surface area contributed by atoms with Crippen molar-refractivity contribution in [2.75, 3.05) is 9.62 Å². The van der Waals surface area contributed by atoms with Gasteiger partial charge in [-0.05, 0) is 37.1 Å². The minimum Gasteiger partial charge on any atom is -0.302 e. The molecule has 0 unspecified atom stereocenters. The molecule has 8 nitrogen and oxygen atoms in total. The predicted molar refractivity (Wildman–Crippen MR) is 98.6 cm³/mol. The van der Waals surface area contributed by atoms with Gasteiger partial charge in [-0.1, -0.05) is 30.3 Å². The Bertz CT molecular complexity index is 1200. The van der Waals surface area contributed by atoms with Crippen molar-refractivity contribution in [3.63, 3.8) is 0 Å². The Balaban J connectivity index is 1.60. The number of benzene rings is 2. The zero-order valence-electron chi connectivity index (χ0n) is 14.3. The van der Waals surface area contributed by atoms with Gasteiger partial charge in [-0.15, -0.1) is 5.10 Å². The quantitative estimate of drug-likeness (QED) is 0.695. The van der Waals surface area contributed by atoms with E-state index in [1.165, 1.54) is 10.7 Å². The second kappa shape index (κ2) is 5.40. The van der Waals surface area contributed by atoms with Crippen molar-refractivity contribution in [3.8, 4) is 5.69 Å². The fraction of sp³-hybridized carbons (Fsp3) is 0.167. The van der Waals surface area contributed by atoms with E-state index in [1.807, 2.05) is 31.2 Å². The van der Waals surface area contributed by atoms with Crippen LogP contribution in [0.15, 0.2) is 53.4 Å². The van der Waals surface area contributed by atoms with Crippen molar-refractivity contribution in [2.45, 2.75) is 24.3 Å². The van der Waals surface area contributed by atoms with Gasteiger partial charge in [0.1, 0.15) is 4.90 Å². The zero-order valence-corrected chi connectivity index (χ0v) is 15.1. The van der Waals surface area contributed by atoms with Crippen LogP contribution >= 0.6 is 0 Å². The van der Waals surface area contributed by atoms with Crippen LogP contribution in [0.4, 0.5) is 11.6 Å². The number of fused-ring (bicyclic) bond motifs is 4. The Hall–Kier alpha value is -3.20. The van der Waals surface area contributed by atoms with E-state index in [0.29, 0.717) is 5.69 Å². The van der Waals surface area contributed by atoms with Crippen molar-refractivity contribution in [1.82, 2.24) is 14.8 Å². The van der Waals surface area contributed by atoms with Gasteiger partial charge in [-0.3, -0.25) is 4.79 Å². The van der Waals surface area contributed by atoms with Crippen LogP contribution in [0.3, 0.4) is 0 Å². The maximum atomic E-state index is 13.1. The zero-order chi connectivity index (χ0) is 18.8. The number of nitrogens with one attached hydrogen (secondary N) is 1. The van der Waals surface area contributed by atoms with E-state index in [-0.39, 0.29) is 28.6 Å². The minimum atomic E-state index is -3.74. The third-order valence-corrected chi connectivity index (χ3v) is 6.21. The lowest BCUT2D eigenvalue weighted by Gasteiger charge is -2.20. The number of rotatable bonds is 1. The summed E-state index contributed by atoms with van der Waals surface area (Å²) in [6, 6.07) is 14.2. The third-order valence-electron chi connectivity index (χ3n) is 4.83. The van der Waals surface area contributed by atoms with Crippen molar-refractivity contribution in [2.24, 2.45) is 0 Å². The van der Waals surface area contributed by atoms with E-state index in [9.17, 15) is 13.2 Å². The van der Waals surface area contributed by atoms with Gasteiger partial charge in [-0.2, -0.15) is 9.67 Å². The third kappa shape index (κ3) is 2.28. The number of carbonyl (C=O) groups excluding carboxylic acids is 1. The van der Waals surface area contributed by atoms with Crippen LogP contribution in [0.1, 0.15) is 23.1 Å². The molecule has 2 aliphatic heterocycles. The molecule has 9 heteroatoms. The van der Waals surface area contributed by atoms with E-state index in [4.69, 9.17) is 0 Å². The number of sulfonamides is 1. The summed E-state index contributed by atoms with van der Waals surface area (Å²) in [7, 11) is -3.74. The molecule has 0 spiro atoms. The Morgan fingerprint density at radius 1 is 1.11 bits per heavy atom. The SMILES string of the molecule is C[C@@H]1Cc2ccccc2N1C(=O)c1nc2n(n1)-c1ccccc1S(=O)(=O)N2. The predicted octanol–water partition coefficient (Wildman–Crippen LogP) is 1.97. The molecule has 1 atom stereocenters. The molecule has 2 aromatic carbocycles. The number of hydrogen-bond donors (Lipinski definition) is 1. The Labute approximate surface area is 155 Å². The molecule has 0 saturated carbocycles. The summed E-state index contributed by atoms with van der Waals surface area (Å²) < 4.78 is 28.5. The molecule has 1 N–H and O–H groups in total. The van der Waals surface area contributed by atoms with E-state index in [0.717, 1.165) is 17.7 Å². The fourth-order valence-electron chi connectivity index (χ4n) is 3.65. The summed E-state index contributed by atoms with van der Waals surface area (Å²) >= 11 is 0. The number of nitrogens with zero attached hydrogens (tertiary/aromatic N) is 4. The highest BCUT2D eigenvalue weighted by Crippen LogP contribution is 2.34. The first-order valence-corrected chi connectivity index (χ1v) is 9.95. The number of anilines is 2. The molecule has 1 aromatic heterocycles. The molecule has 0 saturated heterocycles. The maximum Gasteiger partial charge on any atom is 0.298 e. The van der Waals surface area contributed by atoms with Gasteiger partial charge < -0.3 is 4.90 Å². The van der Waals surface area contributed by atoms with Crippen LogP contribution in [0.5, 0.6) is 0 Å². The topological polar surface area (TPSA) is 97.2 Å². The Morgan fingerprint density at radius 2 is 1.81 bits per heavy atom. The molecular weight excluding hydrogens is 366 g/mol. The van der Waals surface area contributed by atoms with Crippen molar-refractivity contribution in [1.29, 1.82) is 0 Å². The lowest BCUT2D eigenvalue weighted by molar-refractivity contribution is 0.0971. The molecule has 0 radical (unpaired) electrons. The summed E-state index contributed by atoms with van der Waals surface area (Å²) in [6.07, 6.45) is 0.755. The summed E-state index contributed by atoms with van der Waals surface area (Å²) in [5.74, 6) is -0.392. The first-order valence-electron chi connectivity index (χ1n) is 8.46. The summed E-state index contributed by atoms with van der Waals surface area (Å²) in [5, 5.41) is 4.30. The highest BCUT2D eigenvalue weighted by molar-refractivity contribution is 7.92. The second-order valence-electron chi connectivity index (χ2n) is 6.60. The van der Waals surface area contributed by atoms with Gasteiger partial charge in [-0.25, -0.2) is 13.1 Å². The minimum absolute atomic E-state index is 0.0113. The summed E-state index contributed by atoms with van der Waals surface area (Å²) in [5.41, 5.74) is 2.30. The van der Waals surface area contributed by atoms with Crippen LogP contribution in [-0.4, -0.2) is 35.1 Å². The molecule has 136 valence electrons. The molecule has 0 bridgehead atoms. The lowest BCUT2D eigenvalue weighted by Crippen LogP contribution is -2.36. The van der Waals surface area contributed by atoms with E-state index < -0.39 is 10.0 Å². The average molecular weight is 381 g/mol. The highest BCUT2D eigenvalue weighted by Gasteiger charge is 2.36. The van der Waals surface area contributed by atoms with Crippen molar-refractivity contribution in [3.05, 3.63) is 59.9 Å². The van der Waals surface area contributed by atoms with E-state index >= 15 is 0 Å².